The fraction of sp³-hybridized carbons (Fsp3) is 0.321. The van der Waals surface area contributed by atoms with Gasteiger partial charge in [-0.3, -0.25) is 9.59 Å². The van der Waals surface area contributed by atoms with Gasteiger partial charge in [0.2, 0.25) is 11.8 Å². The fourth-order valence-corrected chi connectivity index (χ4v) is 6.81. The molecule has 4 heterocycles. The zero-order valence-corrected chi connectivity index (χ0v) is 20.0. The third-order valence-electron chi connectivity index (χ3n) is 8.54. The Morgan fingerprint density at radius 1 is 1.05 bits per heavy atom. The van der Waals surface area contributed by atoms with Crippen molar-refractivity contribution in [2.45, 2.75) is 43.6 Å². The molecule has 9 heteroatoms. The van der Waals surface area contributed by atoms with Crippen molar-refractivity contribution in [2.75, 3.05) is 4.90 Å². The van der Waals surface area contributed by atoms with Crippen molar-refractivity contribution in [3.05, 3.63) is 66.2 Å². The van der Waals surface area contributed by atoms with Gasteiger partial charge in [0.15, 0.2) is 0 Å². The van der Waals surface area contributed by atoms with Crippen molar-refractivity contribution in [1.29, 1.82) is 5.26 Å². The molecule has 7 rings (SSSR count). The van der Waals surface area contributed by atoms with E-state index < -0.39 is 29.1 Å². The lowest BCUT2D eigenvalue weighted by atomic mass is 9.66. The second-order valence-electron chi connectivity index (χ2n) is 10.4. The van der Waals surface area contributed by atoms with E-state index in [1.54, 1.807) is 23.7 Å². The molecule has 184 valence electrons. The van der Waals surface area contributed by atoms with Gasteiger partial charge < -0.3 is 9.84 Å². The number of anilines is 1. The van der Waals surface area contributed by atoms with Gasteiger partial charge in [-0.2, -0.15) is 5.26 Å². The number of ether oxygens (including phenoxy) is 1. The quantitative estimate of drug-likeness (QED) is 0.434. The molecule has 3 saturated heterocycles. The number of carbonyl (C=O) groups excluding carboxylic acids is 2. The Labute approximate surface area is 211 Å². The lowest BCUT2D eigenvalue weighted by Gasteiger charge is -2.33. The number of imide groups is 1. The number of aliphatic hydroxyl groups is 1. The van der Waals surface area contributed by atoms with E-state index in [0.717, 1.165) is 11.0 Å². The van der Waals surface area contributed by atoms with E-state index in [1.807, 2.05) is 48.5 Å². The van der Waals surface area contributed by atoms with Crippen LogP contribution in [0.5, 0.6) is 0 Å². The summed E-state index contributed by atoms with van der Waals surface area (Å²) >= 11 is 0. The van der Waals surface area contributed by atoms with Crippen LogP contribution in [0.2, 0.25) is 0 Å². The van der Waals surface area contributed by atoms with Crippen molar-refractivity contribution in [3.8, 4) is 6.07 Å². The van der Waals surface area contributed by atoms with Gasteiger partial charge in [-0.25, -0.2) is 9.58 Å². The van der Waals surface area contributed by atoms with E-state index >= 15 is 0 Å². The van der Waals surface area contributed by atoms with Crippen LogP contribution in [0.1, 0.15) is 25.3 Å². The number of hydrogen-bond donors (Lipinski definition) is 1. The van der Waals surface area contributed by atoms with E-state index in [4.69, 9.17) is 4.74 Å². The first kappa shape index (κ1) is 22.1. The summed E-state index contributed by atoms with van der Waals surface area (Å²) in [4.78, 5) is 29.2. The Hall–Kier alpha value is -4.13. The summed E-state index contributed by atoms with van der Waals surface area (Å²) in [5, 5.41) is 30.4. The van der Waals surface area contributed by atoms with Gasteiger partial charge >= 0.3 is 0 Å². The molecular weight excluding hydrogens is 470 g/mol. The summed E-state index contributed by atoms with van der Waals surface area (Å²) in [6.07, 6.45) is -0.219. The number of hydrogen-bond acceptors (Lipinski definition) is 7. The second-order valence-corrected chi connectivity index (χ2v) is 10.4. The predicted molar refractivity (Wildman–Crippen MR) is 133 cm³/mol. The summed E-state index contributed by atoms with van der Waals surface area (Å²) < 4.78 is 8.24. The molecule has 0 aliphatic carbocycles. The zero-order chi connectivity index (χ0) is 25.5. The van der Waals surface area contributed by atoms with Gasteiger partial charge in [-0.1, -0.05) is 41.6 Å². The number of carbonyl (C=O) groups is 2. The molecule has 3 fully saturated rings. The second kappa shape index (κ2) is 7.44. The molecule has 9 nitrogen and oxygen atoms in total. The van der Waals surface area contributed by atoms with Crippen LogP contribution in [0.15, 0.2) is 60.7 Å². The number of rotatable bonds is 4. The fourth-order valence-electron chi connectivity index (χ4n) is 6.81. The van der Waals surface area contributed by atoms with E-state index in [9.17, 15) is 20.0 Å². The number of nitrogens with zero attached hydrogens (tertiary/aromatic N) is 5. The van der Waals surface area contributed by atoms with Gasteiger partial charge in [0.1, 0.15) is 11.1 Å². The minimum Gasteiger partial charge on any atom is -0.390 e. The van der Waals surface area contributed by atoms with Crippen molar-refractivity contribution >= 4 is 39.3 Å². The predicted octanol–water partition coefficient (Wildman–Crippen LogP) is 2.94. The zero-order valence-electron chi connectivity index (χ0n) is 20.0. The maximum absolute atomic E-state index is 14.1. The number of aryl methyl sites for hydroxylation is 1. The third-order valence-corrected chi connectivity index (χ3v) is 8.54. The van der Waals surface area contributed by atoms with Gasteiger partial charge in [-0.05, 0) is 37.6 Å². The van der Waals surface area contributed by atoms with Gasteiger partial charge in [0.25, 0.3) is 0 Å². The molecule has 2 bridgehead atoms. The summed E-state index contributed by atoms with van der Waals surface area (Å²) in [5.41, 5.74) is 0.394. The van der Waals surface area contributed by atoms with E-state index in [-0.39, 0.29) is 18.2 Å². The molecule has 1 N–H and O–H groups in total. The van der Waals surface area contributed by atoms with E-state index in [1.165, 1.54) is 4.90 Å². The summed E-state index contributed by atoms with van der Waals surface area (Å²) in [6, 6.07) is 20.4. The lowest BCUT2D eigenvalue weighted by molar-refractivity contribution is -0.133. The summed E-state index contributed by atoms with van der Waals surface area (Å²) in [6.45, 7) is 2.16. The molecule has 3 aliphatic heterocycles. The normalized spacial score (nSPS) is 30.4. The Balaban J connectivity index is 1.29. The Bertz CT molecular complexity index is 1670. The van der Waals surface area contributed by atoms with Crippen LogP contribution >= 0.6 is 0 Å². The number of aliphatic hydroxyl groups excluding tert-OH is 1. The summed E-state index contributed by atoms with van der Waals surface area (Å²) in [5.74, 6) is -2.23. The highest BCUT2D eigenvalue weighted by atomic mass is 16.6. The topological polar surface area (TPSA) is 121 Å². The van der Waals surface area contributed by atoms with Crippen molar-refractivity contribution in [2.24, 2.45) is 11.8 Å². The number of fused-ring (bicyclic) bond motifs is 7. The SMILES string of the molecule is CC12OC(CCn3nnc4ccccc43)(CC1O)C1C(=O)N(c3ccc(C#N)c4ccccc34)C(=O)C12. The lowest BCUT2D eigenvalue weighted by Crippen LogP contribution is -2.49. The standard InChI is InChI=1S/C28H23N5O4/c1-27-22(34)14-28(37-27,12-13-32-21-9-5-4-8-19(21)30-31-32)24-23(27)25(35)33(26(24)36)20-11-10-16(15-29)17-6-2-3-7-18(17)20/h2-11,22-24,34H,12-14H2,1H3. The first-order valence-electron chi connectivity index (χ1n) is 12.3. The smallest absolute Gasteiger partial charge is 0.240 e. The van der Waals surface area contributed by atoms with Crippen LogP contribution < -0.4 is 4.90 Å². The highest BCUT2D eigenvalue weighted by molar-refractivity contribution is 6.26. The van der Waals surface area contributed by atoms with Gasteiger partial charge in [-0.15, -0.1) is 5.10 Å². The molecule has 5 atom stereocenters. The number of benzene rings is 3. The van der Waals surface area contributed by atoms with Crippen molar-refractivity contribution < 1.29 is 19.4 Å². The van der Waals surface area contributed by atoms with Crippen LogP contribution in [-0.2, 0) is 20.9 Å². The molecular formula is C28H23N5O4. The van der Waals surface area contributed by atoms with Crippen molar-refractivity contribution in [1.82, 2.24) is 15.0 Å². The van der Waals surface area contributed by atoms with Crippen LogP contribution in [0, 0.1) is 23.2 Å². The molecule has 4 aromatic rings. The number of amides is 2. The molecule has 1 aromatic heterocycles. The molecule has 2 amide bonds. The van der Waals surface area contributed by atoms with Crippen LogP contribution in [0.4, 0.5) is 5.69 Å². The molecule has 3 aliphatic rings. The average Bonchev–Trinajstić information content (AvgIpc) is 3.59. The van der Waals surface area contributed by atoms with E-state index in [2.05, 4.69) is 16.4 Å². The number of para-hydroxylation sites is 1. The maximum Gasteiger partial charge on any atom is 0.240 e. The van der Waals surface area contributed by atoms with Crippen LogP contribution in [-0.4, -0.2) is 49.2 Å². The van der Waals surface area contributed by atoms with Crippen LogP contribution in [0.25, 0.3) is 21.8 Å². The Morgan fingerprint density at radius 2 is 1.78 bits per heavy atom. The molecule has 37 heavy (non-hydrogen) atoms. The van der Waals surface area contributed by atoms with Gasteiger partial charge in [0, 0.05) is 23.7 Å². The minimum atomic E-state index is -1.17. The van der Waals surface area contributed by atoms with Crippen molar-refractivity contribution in [3.63, 3.8) is 0 Å². The molecule has 5 unspecified atom stereocenters. The first-order valence-corrected chi connectivity index (χ1v) is 12.3. The maximum atomic E-state index is 14.1. The highest BCUT2D eigenvalue weighted by Gasteiger charge is 2.77. The van der Waals surface area contributed by atoms with Gasteiger partial charge in [0.05, 0.1) is 46.4 Å². The van der Waals surface area contributed by atoms with E-state index in [0.29, 0.717) is 35.0 Å². The number of aromatic nitrogens is 3. The summed E-state index contributed by atoms with van der Waals surface area (Å²) in [7, 11) is 0. The minimum absolute atomic E-state index is 0.262. The monoisotopic (exact) mass is 493 g/mol. The molecule has 0 saturated carbocycles. The molecule has 3 aromatic carbocycles. The Kier molecular flexibility index (Phi) is 4.45. The Morgan fingerprint density at radius 3 is 2.59 bits per heavy atom. The third kappa shape index (κ3) is 2.79. The average molecular weight is 494 g/mol. The first-order chi connectivity index (χ1) is 17.9. The number of nitriles is 1. The molecule has 0 spiro atoms. The largest absolute Gasteiger partial charge is 0.390 e. The van der Waals surface area contributed by atoms with Crippen LogP contribution in [0.3, 0.4) is 0 Å². The molecule has 0 radical (unpaired) electrons. The highest BCUT2D eigenvalue weighted by Crippen LogP contribution is 2.62.